The highest BCUT2D eigenvalue weighted by molar-refractivity contribution is 6.29. The van der Waals surface area contributed by atoms with Crippen molar-refractivity contribution in [2.45, 2.75) is 32.2 Å². The number of aromatic nitrogens is 4. The molecule has 1 fully saturated rings. The molecule has 2 aromatic heterocycles. The van der Waals surface area contributed by atoms with Gasteiger partial charge in [-0.15, -0.1) is 0 Å². The first-order chi connectivity index (χ1) is 19.0. The highest BCUT2D eigenvalue weighted by Gasteiger charge is 2.32. The topological polar surface area (TPSA) is 127 Å². The van der Waals surface area contributed by atoms with Gasteiger partial charge >= 0.3 is 6.03 Å². The van der Waals surface area contributed by atoms with Crippen LogP contribution in [0.3, 0.4) is 0 Å². The lowest BCUT2D eigenvalue weighted by atomic mass is 10.1. The van der Waals surface area contributed by atoms with Crippen LogP contribution in [0.25, 0.3) is 5.95 Å². The minimum Gasteiger partial charge on any atom is -0.454 e. The van der Waals surface area contributed by atoms with Crippen molar-refractivity contribution in [1.82, 2.24) is 35.1 Å². The Balaban J connectivity index is 1.27. The second kappa shape index (κ2) is 12.2. The summed E-state index contributed by atoms with van der Waals surface area (Å²) in [4.78, 5) is 42.6. The number of piperazine rings is 1. The van der Waals surface area contributed by atoms with Gasteiger partial charge in [-0.05, 0) is 30.5 Å². The number of anilines is 1. The van der Waals surface area contributed by atoms with Crippen LogP contribution in [0, 0.1) is 0 Å². The maximum Gasteiger partial charge on any atom is 0.317 e. The van der Waals surface area contributed by atoms with Crippen LogP contribution in [0.15, 0.2) is 43.0 Å². The van der Waals surface area contributed by atoms with E-state index in [0.29, 0.717) is 50.9 Å². The molecule has 0 spiro atoms. The number of urea groups is 1. The van der Waals surface area contributed by atoms with Gasteiger partial charge in [0.2, 0.25) is 18.6 Å². The van der Waals surface area contributed by atoms with Crippen LogP contribution in [0.1, 0.15) is 25.3 Å². The maximum atomic E-state index is 13.1. The summed E-state index contributed by atoms with van der Waals surface area (Å²) in [5.74, 6) is 2.30. The summed E-state index contributed by atoms with van der Waals surface area (Å²) in [5.41, 5.74) is 1.04. The number of nitrogens with zero attached hydrogens (tertiary/aromatic N) is 6. The Morgan fingerprint density at radius 1 is 1.10 bits per heavy atom. The summed E-state index contributed by atoms with van der Waals surface area (Å²) in [7, 11) is 0. The number of hydrogen-bond donors (Lipinski definition) is 2. The number of benzene rings is 1. The molecule has 2 N–H and O–H groups in total. The second-order valence-corrected chi connectivity index (χ2v) is 9.72. The standard InChI is InChI=1S/C26H31ClN8O4/c1-2-6-30-26(37)33-10-11-35(23-14-22(27)31-25(32-23)34-9-8-28-16-34)19(15-33)13-24(36)29-7-5-18-3-4-20-21(12-18)39-17-38-20/h3-4,8-9,12,14,16,19H,2,5-7,10-11,13,15,17H2,1H3,(H,29,36)(H,30,37). The zero-order valence-electron chi connectivity index (χ0n) is 21.7. The number of fused-ring (bicyclic) bond motifs is 1. The van der Waals surface area contributed by atoms with E-state index in [-0.39, 0.29) is 36.3 Å². The number of halogens is 1. The van der Waals surface area contributed by atoms with Crippen molar-refractivity contribution in [3.8, 4) is 17.4 Å². The Kier molecular flexibility index (Phi) is 8.30. The minimum absolute atomic E-state index is 0.114. The van der Waals surface area contributed by atoms with E-state index in [1.165, 1.54) is 0 Å². The lowest BCUT2D eigenvalue weighted by molar-refractivity contribution is -0.121. The second-order valence-electron chi connectivity index (χ2n) is 9.34. The summed E-state index contributed by atoms with van der Waals surface area (Å²) in [6, 6.07) is 7.01. The summed E-state index contributed by atoms with van der Waals surface area (Å²) in [5, 5.41) is 6.22. The Labute approximate surface area is 231 Å². The molecule has 4 heterocycles. The van der Waals surface area contributed by atoms with Crippen LogP contribution in [0.5, 0.6) is 11.5 Å². The first-order valence-corrected chi connectivity index (χ1v) is 13.4. The quantitative estimate of drug-likeness (QED) is 0.386. The van der Waals surface area contributed by atoms with E-state index < -0.39 is 0 Å². The SMILES string of the molecule is CCCNC(=O)N1CCN(c2cc(Cl)nc(-n3ccnc3)n2)C(CC(=O)NCCc2ccc3c(c2)OCO3)C1. The van der Waals surface area contributed by atoms with Gasteiger partial charge in [-0.25, -0.2) is 14.8 Å². The average Bonchev–Trinajstić information content (AvgIpc) is 3.64. The summed E-state index contributed by atoms with van der Waals surface area (Å²) in [6.45, 7) is 4.64. The van der Waals surface area contributed by atoms with Crippen LogP contribution >= 0.6 is 11.6 Å². The first kappa shape index (κ1) is 26.5. The van der Waals surface area contributed by atoms with Gasteiger partial charge in [0, 0.05) is 57.6 Å². The van der Waals surface area contributed by atoms with Crippen molar-refractivity contribution >= 4 is 29.4 Å². The van der Waals surface area contributed by atoms with Gasteiger partial charge < -0.3 is 29.9 Å². The van der Waals surface area contributed by atoms with Gasteiger partial charge in [0.05, 0.1) is 6.04 Å². The molecule has 0 aliphatic carbocycles. The number of rotatable bonds is 9. The average molecular weight is 555 g/mol. The molecule has 39 heavy (non-hydrogen) atoms. The van der Waals surface area contributed by atoms with Gasteiger partial charge in [-0.3, -0.25) is 9.36 Å². The Hall–Kier alpha value is -4.06. The first-order valence-electron chi connectivity index (χ1n) is 13.0. The fourth-order valence-corrected chi connectivity index (χ4v) is 4.80. The summed E-state index contributed by atoms with van der Waals surface area (Å²) in [6.07, 6.45) is 6.64. The van der Waals surface area contributed by atoms with E-state index in [1.807, 2.05) is 30.0 Å². The molecule has 2 aliphatic heterocycles. The van der Waals surface area contributed by atoms with Gasteiger partial charge in [-0.2, -0.15) is 4.98 Å². The number of hydrogen-bond acceptors (Lipinski definition) is 8. The molecular weight excluding hydrogens is 524 g/mol. The third kappa shape index (κ3) is 6.51. The number of ether oxygens (including phenoxy) is 2. The van der Waals surface area contributed by atoms with E-state index >= 15 is 0 Å². The number of carbonyl (C=O) groups is 2. The molecule has 13 heteroatoms. The van der Waals surface area contributed by atoms with Crippen LogP contribution in [-0.2, 0) is 11.2 Å². The van der Waals surface area contributed by atoms with Crippen molar-refractivity contribution in [2.24, 2.45) is 0 Å². The van der Waals surface area contributed by atoms with Crippen molar-refractivity contribution in [3.05, 3.63) is 53.7 Å². The van der Waals surface area contributed by atoms with Gasteiger partial charge in [0.25, 0.3) is 0 Å². The predicted octanol–water partition coefficient (Wildman–Crippen LogP) is 2.40. The third-order valence-corrected chi connectivity index (χ3v) is 6.78. The van der Waals surface area contributed by atoms with Crippen molar-refractivity contribution in [2.75, 3.05) is 44.4 Å². The molecule has 0 radical (unpaired) electrons. The Morgan fingerprint density at radius 3 is 2.79 bits per heavy atom. The lowest BCUT2D eigenvalue weighted by Crippen LogP contribution is -2.58. The molecule has 1 unspecified atom stereocenters. The van der Waals surface area contributed by atoms with Crippen molar-refractivity contribution in [3.63, 3.8) is 0 Å². The molecule has 5 rings (SSSR count). The minimum atomic E-state index is -0.307. The normalized spacial score (nSPS) is 16.3. The van der Waals surface area contributed by atoms with Gasteiger partial charge in [0.1, 0.15) is 17.3 Å². The number of nitrogens with one attached hydrogen (secondary N) is 2. The molecule has 3 amide bonds. The van der Waals surface area contributed by atoms with E-state index in [9.17, 15) is 9.59 Å². The predicted molar refractivity (Wildman–Crippen MR) is 144 cm³/mol. The zero-order valence-corrected chi connectivity index (χ0v) is 22.4. The monoisotopic (exact) mass is 554 g/mol. The Bertz CT molecular complexity index is 1310. The summed E-state index contributed by atoms with van der Waals surface area (Å²) < 4.78 is 12.5. The number of carbonyl (C=O) groups excluding carboxylic acids is 2. The molecule has 3 aromatic rings. The highest BCUT2D eigenvalue weighted by Crippen LogP contribution is 2.32. The van der Waals surface area contributed by atoms with Crippen LogP contribution < -0.4 is 25.0 Å². The van der Waals surface area contributed by atoms with E-state index in [4.69, 9.17) is 21.1 Å². The van der Waals surface area contributed by atoms with Crippen LogP contribution in [-0.4, -0.2) is 81.9 Å². The molecule has 206 valence electrons. The maximum absolute atomic E-state index is 13.1. The molecule has 0 bridgehead atoms. The van der Waals surface area contributed by atoms with Crippen molar-refractivity contribution in [1.29, 1.82) is 0 Å². The van der Waals surface area contributed by atoms with Gasteiger partial charge in [-0.1, -0.05) is 24.6 Å². The fraction of sp³-hybridized carbons (Fsp3) is 0.423. The Morgan fingerprint density at radius 2 is 1.97 bits per heavy atom. The van der Waals surface area contributed by atoms with E-state index in [2.05, 4.69) is 25.6 Å². The zero-order chi connectivity index (χ0) is 27.2. The van der Waals surface area contributed by atoms with Crippen molar-refractivity contribution < 1.29 is 19.1 Å². The molecule has 1 atom stereocenters. The largest absolute Gasteiger partial charge is 0.454 e. The molecule has 1 aromatic carbocycles. The molecule has 2 aliphatic rings. The number of imidazole rings is 1. The molecule has 0 saturated carbocycles. The molecule has 1 saturated heterocycles. The van der Waals surface area contributed by atoms with E-state index in [0.717, 1.165) is 23.5 Å². The molecular formula is C26H31ClN8O4. The lowest BCUT2D eigenvalue weighted by Gasteiger charge is -2.42. The highest BCUT2D eigenvalue weighted by atomic mass is 35.5. The number of amides is 3. The van der Waals surface area contributed by atoms with Gasteiger partial charge in [0.15, 0.2) is 11.5 Å². The molecule has 12 nitrogen and oxygen atoms in total. The van der Waals surface area contributed by atoms with Crippen LogP contribution in [0.4, 0.5) is 10.6 Å². The third-order valence-electron chi connectivity index (χ3n) is 6.59. The summed E-state index contributed by atoms with van der Waals surface area (Å²) >= 11 is 6.36. The van der Waals surface area contributed by atoms with E-state index in [1.54, 1.807) is 34.3 Å². The smallest absolute Gasteiger partial charge is 0.317 e. The van der Waals surface area contributed by atoms with Crippen LogP contribution in [0.2, 0.25) is 5.15 Å². The fourth-order valence-electron chi connectivity index (χ4n) is 4.62.